The summed E-state index contributed by atoms with van der Waals surface area (Å²) in [5, 5.41) is 3.17. The van der Waals surface area contributed by atoms with Gasteiger partial charge in [0.1, 0.15) is 0 Å². The third-order valence-corrected chi connectivity index (χ3v) is 4.27. The second kappa shape index (κ2) is 5.83. The van der Waals surface area contributed by atoms with E-state index >= 15 is 0 Å². The van der Waals surface area contributed by atoms with Crippen molar-refractivity contribution in [1.82, 2.24) is 5.32 Å². The molecule has 1 aliphatic carbocycles. The van der Waals surface area contributed by atoms with Crippen molar-refractivity contribution < 1.29 is 9.53 Å². The van der Waals surface area contributed by atoms with Gasteiger partial charge in [-0.3, -0.25) is 4.79 Å². The van der Waals surface area contributed by atoms with Gasteiger partial charge >= 0.3 is 0 Å². The number of amides is 1. The lowest BCUT2D eigenvalue weighted by molar-refractivity contribution is -0.129. The molecule has 0 spiro atoms. The fourth-order valence-electron chi connectivity index (χ4n) is 2.92. The Balaban J connectivity index is 1.85. The molecular weight excluding hydrogens is 216 g/mol. The van der Waals surface area contributed by atoms with Crippen molar-refractivity contribution in [2.75, 3.05) is 13.2 Å². The van der Waals surface area contributed by atoms with Gasteiger partial charge in [-0.2, -0.15) is 0 Å². The normalized spacial score (nSPS) is 35.5. The quantitative estimate of drug-likeness (QED) is 0.758. The van der Waals surface area contributed by atoms with Crippen molar-refractivity contribution in [3.8, 4) is 0 Å². The summed E-state index contributed by atoms with van der Waals surface area (Å²) < 4.78 is 5.29. The van der Waals surface area contributed by atoms with E-state index in [2.05, 4.69) is 12.2 Å². The van der Waals surface area contributed by atoms with Crippen molar-refractivity contribution in [2.24, 2.45) is 17.6 Å². The lowest BCUT2D eigenvalue weighted by Gasteiger charge is -2.34. The Morgan fingerprint density at radius 1 is 1.24 bits per heavy atom. The van der Waals surface area contributed by atoms with Gasteiger partial charge in [-0.15, -0.1) is 0 Å². The molecule has 98 valence electrons. The average Bonchev–Trinajstić information content (AvgIpc) is 2.34. The first kappa shape index (κ1) is 12.8. The average molecular weight is 240 g/mol. The molecule has 0 radical (unpaired) electrons. The van der Waals surface area contributed by atoms with Crippen molar-refractivity contribution >= 4 is 5.91 Å². The van der Waals surface area contributed by atoms with Crippen LogP contribution in [0, 0.1) is 11.8 Å². The summed E-state index contributed by atoms with van der Waals surface area (Å²) in [6.07, 6.45) is 5.02. The SMILES string of the molecule is CC1C(N)CCCC1C(=O)NC1CCOCC1. The number of nitrogens with one attached hydrogen (secondary N) is 1. The Bertz CT molecular complexity index is 264. The van der Waals surface area contributed by atoms with Crippen LogP contribution in [0.4, 0.5) is 0 Å². The summed E-state index contributed by atoms with van der Waals surface area (Å²) in [6.45, 7) is 3.65. The highest BCUT2D eigenvalue weighted by atomic mass is 16.5. The van der Waals surface area contributed by atoms with Crippen LogP contribution >= 0.6 is 0 Å². The first-order chi connectivity index (χ1) is 8.18. The van der Waals surface area contributed by atoms with Crippen molar-refractivity contribution in [3.63, 3.8) is 0 Å². The Morgan fingerprint density at radius 2 is 1.94 bits per heavy atom. The van der Waals surface area contributed by atoms with Gasteiger partial charge in [-0.25, -0.2) is 0 Å². The van der Waals surface area contributed by atoms with Gasteiger partial charge < -0.3 is 15.8 Å². The first-order valence-electron chi connectivity index (χ1n) is 6.82. The van der Waals surface area contributed by atoms with E-state index in [1.807, 2.05) is 0 Å². The van der Waals surface area contributed by atoms with Gasteiger partial charge in [0, 0.05) is 31.2 Å². The molecule has 2 rings (SSSR count). The monoisotopic (exact) mass is 240 g/mol. The third kappa shape index (κ3) is 3.19. The van der Waals surface area contributed by atoms with Crippen LogP contribution in [0.3, 0.4) is 0 Å². The first-order valence-corrected chi connectivity index (χ1v) is 6.82. The maximum Gasteiger partial charge on any atom is 0.223 e. The predicted octanol–water partition coefficient (Wildman–Crippen LogP) is 1.05. The maximum absolute atomic E-state index is 12.2. The summed E-state index contributed by atoms with van der Waals surface area (Å²) in [6, 6.07) is 0.496. The smallest absolute Gasteiger partial charge is 0.223 e. The molecule has 1 saturated heterocycles. The van der Waals surface area contributed by atoms with E-state index in [1.165, 1.54) is 0 Å². The summed E-state index contributed by atoms with van der Waals surface area (Å²) in [4.78, 5) is 12.2. The number of hydrogen-bond acceptors (Lipinski definition) is 3. The van der Waals surface area contributed by atoms with Crippen molar-refractivity contribution in [1.29, 1.82) is 0 Å². The van der Waals surface area contributed by atoms with E-state index in [9.17, 15) is 4.79 Å². The molecule has 3 unspecified atom stereocenters. The van der Waals surface area contributed by atoms with Gasteiger partial charge in [0.2, 0.25) is 5.91 Å². The second-order valence-corrected chi connectivity index (χ2v) is 5.46. The number of rotatable bonds is 2. The Morgan fingerprint density at radius 3 is 2.65 bits per heavy atom. The van der Waals surface area contributed by atoms with Crippen LogP contribution in [0.5, 0.6) is 0 Å². The van der Waals surface area contributed by atoms with Crippen molar-refractivity contribution in [3.05, 3.63) is 0 Å². The molecule has 1 heterocycles. The molecule has 1 saturated carbocycles. The zero-order valence-corrected chi connectivity index (χ0v) is 10.7. The molecule has 0 aromatic rings. The van der Waals surface area contributed by atoms with Gasteiger partial charge in [0.15, 0.2) is 0 Å². The summed E-state index contributed by atoms with van der Waals surface area (Å²) >= 11 is 0. The van der Waals surface area contributed by atoms with E-state index in [0.717, 1.165) is 45.3 Å². The fourth-order valence-corrected chi connectivity index (χ4v) is 2.92. The summed E-state index contributed by atoms with van der Waals surface area (Å²) in [7, 11) is 0. The molecule has 1 aliphatic heterocycles. The van der Waals surface area contributed by atoms with E-state index in [0.29, 0.717) is 12.0 Å². The van der Waals surface area contributed by atoms with Gasteiger partial charge in [0.25, 0.3) is 0 Å². The van der Waals surface area contributed by atoms with Crippen molar-refractivity contribution in [2.45, 2.75) is 51.1 Å². The lowest BCUT2D eigenvalue weighted by Crippen LogP contribution is -2.48. The number of ether oxygens (including phenoxy) is 1. The van der Waals surface area contributed by atoms with E-state index in [4.69, 9.17) is 10.5 Å². The molecule has 4 nitrogen and oxygen atoms in total. The standard InChI is InChI=1S/C13H24N2O2/c1-9-11(3-2-4-12(9)14)13(16)15-10-5-7-17-8-6-10/h9-12H,2-8,14H2,1H3,(H,15,16). The predicted molar refractivity (Wildman–Crippen MR) is 66.5 cm³/mol. The number of carbonyl (C=O) groups is 1. The highest BCUT2D eigenvalue weighted by molar-refractivity contribution is 5.79. The number of carbonyl (C=O) groups excluding carboxylic acids is 1. The molecule has 3 atom stereocenters. The number of hydrogen-bond donors (Lipinski definition) is 2. The molecule has 2 fully saturated rings. The molecule has 3 N–H and O–H groups in total. The minimum absolute atomic E-state index is 0.113. The molecule has 0 aromatic carbocycles. The third-order valence-electron chi connectivity index (χ3n) is 4.27. The summed E-state index contributed by atoms with van der Waals surface area (Å²) in [5.41, 5.74) is 6.04. The second-order valence-electron chi connectivity index (χ2n) is 5.46. The maximum atomic E-state index is 12.2. The van der Waals surface area contributed by atoms with Crippen LogP contribution in [0.2, 0.25) is 0 Å². The minimum Gasteiger partial charge on any atom is -0.381 e. The molecule has 0 bridgehead atoms. The van der Waals surface area contributed by atoms with Crippen LogP contribution in [0.15, 0.2) is 0 Å². The highest BCUT2D eigenvalue weighted by Gasteiger charge is 2.33. The topological polar surface area (TPSA) is 64.4 Å². The van der Waals surface area contributed by atoms with Crippen LogP contribution in [-0.2, 0) is 9.53 Å². The molecule has 2 aliphatic rings. The lowest BCUT2D eigenvalue weighted by atomic mass is 9.76. The Kier molecular flexibility index (Phi) is 4.40. The van der Waals surface area contributed by atoms with Crippen LogP contribution < -0.4 is 11.1 Å². The van der Waals surface area contributed by atoms with Crippen LogP contribution in [0.25, 0.3) is 0 Å². The van der Waals surface area contributed by atoms with Gasteiger partial charge in [0.05, 0.1) is 0 Å². The fraction of sp³-hybridized carbons (Fsp3) is 0.923. The molecule has 4 heteroatoms. The number of nitrogens with two attached hydrogens (primary N) is 1. The zero-order chi connectivity index (χ0) is 12.3. The van der Waals surface area contributed by atoms with E-state index in [1.54, 1.807) is 0 Å². The molecule has 0 aromatic heterocycles. The Labute approximate surface area is 103 Å². The van der Waals surface area contributed by atoms with Gasteiger partial charge in [-0.1, -0.05) is 13.3 Å². The molecule has 17 heavy (non-hydrogen) atoms. The Hall–Kier alpha value is -0.610. The summed E-state index contributed by atoms with van der Waals surface area (Å²) in [5.74, 6) is 0.629. The highest BCUT2D eigenvalue weighted by Crippen LogP contribution is 2.29. The molecule has 1 amide bonds. The minimum atomic E-state index is 0.113. The van der Waals surface area contributed by atoms with Gasteiger partial charge in [-0.05, 0) is 31.6 Å². The largest absolute Gasteiger partial charge is 0.381 e. The zero-order valence-electron chi connectivity index (χ0n) is 10.7. The van der Waals surface area contributed by atoms with E-state index in [-0.39, 0.29) is 17.9 Å². The van der Waals surface area contributed by atoms with Crippen LogP contribution in [0.1, 0.15) is 39.0 Å². The molecular formula is C13H24N2O2. The van der Waals surface area contributed by atoms with Crippen LogP contribution in [-0.4, -0.2) is 31.2 Å². The van der Waals surface area contributed by atoms with E-state index < -0.39 is 0 Å².